The molecule has 1 aromatic carbocycles. The molecule has 0 bridgehead atoms. The lowest BCUT2D eigenvalue weighted by Gasteiger charge is -2.04. The SMILES string of the molecule is N#CC(Cc1ccc2c(c1)OCO2)C(=O)O. The van der Waals surface area contributed by atoms with E-state index in [4.69, 9.17) is 19.8 Å². The van der Waals surface area contributed by atoms with Gasteiger partial charge in [-0.2, -0.15) is 5.26 Å². The van der Waals surface area contributed by atoms with E-state index in [0.29, 0.717) is 11.5 Å². The van der Waals surface area contributed by atoms with Crippen LogP contribution in [0.4, 0.5) is 0 Å². The van der Waals surface area contributed by atoms with Crippen LogP contribution in [0.15, 0.2) is 18.2 Å². The summed E-state index contributed by atoms with van der Waals surface area (Å²) in [4.78, 5) is 10.7. The van der Waals surface area contributed by atoms with E-state index >= 15 is 0 Å². The summed E-state index contributed by atoms with van der Waals surface area (Å²) >= 11 is 0. The zero-order valence-electron chi connectivity index (χ0n) is 8.34. The number of carbonyl (C=O) groups is 1. The number of rotatable bonds is 3. The molecular formula is C11H9NO4. The maximum absolute atomic E-state index is 10.7. The van der Waals surface area contributed by atoms with E-state index in [9.17, 15) is 4.79 Å². The molecule has 0 aliphatic carbocycles. The standard InChI is InChI=1S/C11H9NO4/c12-5-8(11(13)14)3-7-1-2-9-10(4-7)16-6-15-9/h1-2,4,8H,3,6H2,(H,13,14). The van der Waals surface area contributed by atoms with Crippen LogP contribution in [0.3, 0.4) is 0 Å². The van der Waals surface area contributed by atoms with Gasteiger partial charge in [-0.1, -0.05) is 6.07 Å². The molecule has 1 aromatic rings. The number of nitriles is 1. The van der Waals surface area contributed by atoms with Gasteiger partial charge in [-0.3, -0.25) is 4.79 Å². The van der Waals surface area contributed by atoms with Crippen molar-refractivity contribution in [1.29, 1.82) is 5.26 Å². The molecule has 0 aromatic heterocycles. The largest absolute Gasteiger partial charge is 0.480 e. The predicted octanol–water partition coefficient (Wildman–Crippen LogP) is 1.18. The minimum absolute atomic E-state index is 0.169. The average Bonchev–Trinajstić information content (AvgIpc) is 2.72. The second-order valence-electron chi connectivity index (χ2n) is 3.41. The number of carboxylic acid groups (broad SMARTS) is 1. The molecule has 0 fully saturated rings. The summed E-state index contributed by atoms with van der Waals surface area (Å²) in [6, 6.07) is 6.90. The maximum Gasteiger partial charge on any atom is 0.321 e. The molecular weight excluding hydrogens is 210 g/mol. The molecule has 0 radical (unpaired) electrons. The highest BCUT2D eigenvalue weighted by atomic mass is 16.7. The van der Waals surface area contributed by atoms with Gasteiger partial charge in [-0.25, -0.2) is 0 Å². The van der Waals surface area contributed by atoms with Crippen molar-refractivity contribution in [3.63, 3.8) is 0 Å². The van der Waals surface area contributed by atoms with Crippen molar-refractivity contribution < 1.29 is 19.4 Å². The number of carboxylic acids is 1. The lowest BCUT2D eigenvalue weighted by Crippen LogP contribution is -2.14. The Balaban J connectivity index is 2.17. The predicted molar refractivity (Wildman–Crippen MR) is 53.0 cm³/mol. The number of nitrogens with zero attached hydrogens (tertiary/aromatic N) is 1. The van der Waals surface area contributed by atoms with Gasteiger partial charge in [-0.15, -0.1) is 0 Å². The maximum atomic E-state index is 10.7. The Kier molecular flexibility index (Phi) is 2.64. The fourth-order valence-electron chi connectivity index (χ4n) is 1.49. The summed E-state index contributed by atoms with van der Waals surface area (Å²) in [6.07, 6.45) is 0.169. The normalized spacial score (nSPS) is 14.2. The molecule has 2 rings (SSSR count). The minimum atomic E-state index is -1.11. The molecule has 5 nitrogen and oxygen atoms in total. The van der Waals surface area contributed by atoms with Crippen LogP contribution in [0.1, 0.15) is 5.56 Å². The quantitative estimate of drug-likeness (QED) is 0.825. The monoisotopic (exact) mass is 219 g/mol. The third kappa shape index (κ3) is 1.91. The molecule has 1 atom stereocenters. The average molecular weight is 219 g/mol. The zero-order chi connectivity index (χ0) is 11.5. The molecule has 1 aliphatic heterocycles. The molecule has 0 saturated carbocycles. The first-order valence-electron chi connectivity index (χ1n) is 4.71. The van der Waals surface area contributed by atoms with Gasteiger partial charge in [0, 0.05) is 0 Å². The van der Waals surface area contributed by atoms with Gasteiger partial charge >= 0.3 is 5.97 Å². The van der Waals surface area contributed by atoms with Gasteiger partial charge in [0.15, 0.2) is 11.5 Å². The molecule has 0 spiro atoms. The molecule has 0 amide bonds. The summed E-state index contributed by atoms with van der Waals surface area (Å²) in [6.45, 7) is 0.180. The highest BCUT2D eigenvalue weighted by Crippen LogP contribution is 2.33. The number of fused-ring (bicyclic) bond motifs is 1. The van der Waals surface area contributed by atoms with Gasteiger partial charge in [0.2, 0.25) is 6.79 Å². The van der Waals surface area contributed by atoms with E-state index in [1.807, 2.05) is 0 Å². The van der Waals surface area contributed by atoms with Crippen molar-refractivity contribution >= 4 is 5.97 Å². The van der Waals surface area contributed by atoms with Crippen LogP contribution in [0.5, 0.6) is 11.5 Å². The van der Waals surface area contributed by atoms with Crippen molar-refractivity contribution in [1.82, 2.24) is 0 Å². The first-order valence-corrected chi connectivity index (χ1v) is 4.71. The number of ether oxygens (including phenoxy) is 2. The zero-order valence-corrected chi connectivity index (χ0v) is 8.34. The second-order valence-corrected chi connectivity index (χ2v) is 3.41. The molecule has 1 heterocycles. The van der Waals surface area contributed by atoms with E-state index in [1.54, 1.807) is 24.3 Å². The Morgan fingerprint density at radius 3 is 2.94 bits per heavy atom. The van der Waals surface area contributed by atoms with Crippen LogP contribution in [-0.4, -0.2) is 17.9 Å². The molecule has 0 saturated heterocycles. The second kappa shape index (κ2) is 4.11. The van der Waals surface area contributed by atoms with Crippen LogP contribution in [0, 0.1) is 17.2 Å². The summed E-state index contributed by atoms with van der Waals surface area (Å²) in [7, 11) is 0. The topological polar surface area (TPSA) is 79.5 Å². The van der Waals surface area contributed by atoms with Gasteiger partial charge in [0.05, 0.1) is 6.07 Å². The van der Waals surface area contributed by atoms with Gasteiger partial charge in [-0.05, 0) is 24.1 Å². The van der Waals surface area contributed by atoms with E-state index < -0.39 is 11.9 Å². The highest BCUT2D eigenvalue weighted by molar-refractivity contribution is 5.73. The van der Waals surface area contributed by atoms with Crippen molar-refractivity contribution in [3.8, 4) is 17.6 Å². The van der Waals surface area contributed by atoms with Crippen LogP contribution >= 0.6 is 0 Å². The molecule has 1 unspecified atom stereocenters. The molecule has 1 N–H and O–H groups in total. The molecule has 16 heavy (non-hydrogen) atoms. The van der Waals surface area contributed by atoms with E-state index in [1.165, 1.54) is 0 Å². The summed E-state index contributed by atoms with van der Waals surface area (Å²) in [5, 5.41) is 17.4. The van der Waals surface area contributed by atoms with E-state index in [0.717, 1.165) is 5.56 Å². The first-order chi connectivity index (χ1) is 7.70. The molecule has 1 aliphatic rings. The number of hydrogen-bond donors (Lipinski definition) is 1. The first kappa shape index (κ1) is 10.3. The third-order valence-corrected chi connectivity index (χ3v) is 2.33. The van der Waals surface area contributed by atoms with Crippen LogP contribution in [0.2, 0.25) is 0 Å². The Hall–Kier alpha value is -2.22. The highest BCUT2D eigenvalue weighted by Gasteiger charge is 2.19. The fourth-order valence-corrected chi connectivity index (χ4v) is 1.49. The van der Waals surface area contributed by atoms with Gasteiger partial charge in [0.25, 0.3) is 0 Å². The fraction of sp³-hybridized carbons (Fsp3) is 0.273. The molecule has 82 valence electrons. The Bertz CT molecular complexity index is 464. The molecule has 5 heteroatoms. The number of benzene rings is 1. The smallest absolute Gasteiger partial charge is 0.321 e. The van der Waals surface area contributed by atoms with Crippen LogP contribution < -0.4 is 9.47 Å². The van der Waals surface area contributed by atoms with Crippen molar-refractivity contribution in [2.45, 2.75) is 6.42 Å². The van der Waals surface area contributed by atoms with E-state index in [2.05, 4.69) is 0 Å². The third-order valence-electron chi connectivity index (χ3n) is 2.33. The lowest BCUT2D eigenvalue weighted by molar-refractivity contribution is -0.139. The summed E-state index contributed by atoms with van der Waals surface area (Å²) < 4.78 is 10.3. The van der Waals surface area contributed by atoms with Crippen LogP contribution in [-0.2, 0) is 11.2 Å². The summed E-state index contributed by atoms with van der Waals surface area (Å²) in [5.41, 5.74) is 0.748. The Morgan fingerprint density at radius 1 is 1.50 bits per heavy atom. The Morgan fingerprint density at radius 2 is 2.25 bits per heavy atom. The van der Waals surface area contributed by atoms with Crippen molar-refractivity contribution in [3.05, 3.63) is 23.8 Å². The summed E-state index contributed by atoms with van der Waals surface area (Å²) in [5.74, 6) is -0.896. The number of hydrogen-bond acceptors (Lipinski definition) is 4. The van der Waals surface area contributed by atoms with Crippen molar-refractivity contribution in [2.24, 2.45) is 5.92 Å². The lowest BCUT2D eigenvalue weighted by atomic mass is 10.0. The van der Waals surface area contributed by atoms with Crippen LogP contribution in [0.25, 0.3) is 0 Å². The van der Waals surface area contributed by atoms with Gasteiger partial charge < -0.3 is 14.6 Å². The van der Waals surface area contributed by atoms with Crippen molar-refractivity contribution in [2.75, 3.05) is 6.79 Å². The number of aliphatic carboxylic acids is 1. The van der Waals surface area contributed by atoms with E-state index in [-0.39, 0.29) is 13.2 Å². The Labute approximate surface area is 91.8 Å². The van der Waals surface area contributed by atoms with Gasteiger partial charge in [0.1, 0.15) is 5.92 Å². The minimum Gasteiger partial charge on any atom is -0.480 e.